The molecule has 36 heavy (non-hydrogen) atoms. The summed E-state index contributed by atoms with van der Waals surface area (Å²) in [6.45, 7) is 0.947. The van der Waals surface area contributed by atoms with Gasteiger partial charge in [-0.25, -0.2) is 4.79 Å². The number of hydrogen-bond donors (Lipinski definition) is 3. The van der Waals surface area contributed by atoms with E-state index in [-0.39, 0.29) is 50.5 Å². The Morgan fingerprint density at radius 1 is 1.06 bits per heavy atom. The number of alkyl carbamates (subject to hydrolysis) is 1. The first-order valence-electron chi connectivity index (χ1n) is 9.85. The molecule has 206 valence electrons. The van der Waals surface area contributed by atoms with E-state index in [1.165, 1.54) is 19.3 Å². The Bertz CT molecular complexity index is 851. The van der Waals surface area contributed by atoms with Crippen LogP contribution in [0.3, 0.4) is 0 Å². The summed E-state index contributed by atoms with van der Waals surface area (Å²) in [7, 11) is 0. The second-order valence-corrected chi connectivity index (χ2v) is 23.0. The average Bonchev–Trinajstić information content (AvgIpc) is 3.67. The van der Waals surface area contributed by atoms with Gasteiger partial charge in [0.05, 0.1) is 0 Å². The summed E-state index contributed by atoms with van der Waals surface area (Å²) in [4.78, 5) is 20.6. The largest absolute Gasteiger partial charge is 0.861 e. The van der Waals surface area contributed by atoms with E-state index in [1.807, 2.05) is 36.4 Å². The molecule has 1 saturated carbocycles. The number of fused-ring (bicyclic) bond motifs is 3. The van der Waals surface area contributed by atoms with Crippen molar-refractivity contribution in [3.05, 3.63) is 59.7 Å². The van der Waals surface area contributed by atoms with Crippen LogP contribution in [0.1, 0.15) is 50.7 Å². The molecule has 7 nitrogen and oxygen atoms in total. The standard InChI is InChI=1S/C17H16N2O3.C3H6.C2H4O2.CH4.I3.I2.HI/c18-16(20)9-19-17(21)22-10-15-13-7-3-1-5-11(13)12-6-2-4-8-14(12)15;1-2-3-1;1-2(3)4;;1-3-2;1-2;/h1-8,15H,9-10H2,(H2,18,20)(H,19,21);1-3H2;1H3,(H,3,4);1H4;;;1H/q;;;;-1;;/p-1. The second kappa shape index (κ2) is 26.3. The van der Waals surface area contributed by atoms with Crippen molar-refractivity contribution in [2.75, 3.05) is 13.2 Å². The number of amides is 1. The minimum atomic E-state index is -0.853. The Morgan fingerprint density at radius 2 is 1.42 bits per heavy atom. The average molecular weight is 1180 g/mol. The molecule has 0 saturated heterocycles. The van der Waals surface area contributed by atoms with Crippen molar-refractivity contribution in [3.63, 3.8) is 0 Å². The molecule has 2 aliphatic rings. The molecule has 2 aliphatic carbocycles. The molecule has 2 aromatic rings. The number of benzene rings is 2. The number of ether oxygens (including phenoxy) is 1. The van der Waals surface area contributed by atoms with Crippen molar-refractivity contribution in [3.8, 4) is 11.1 Å². The number of carbonyl (C=O) groups is 2. The number of rotatable bonds is 4. The Balaban J connectivity index is -0.000000656. The first-order valence-corrected chi connectivity index (χ1v) is 28.7. The third-order valence-corrected chi connectivity index (χ3v) is 4.09. The van der Waals surface area contributed by atoms with Crippen LogP contribution >= 0.6 is 98.4 Å². The van der Waals surface area contributed by atoms with E-state index in [1.54, 1.807) is 0 Å². The summed E-state index contributed by atoms with van der Waals surface area (Å²) in [5.74, 6) is -1.70. The molecule has 0 atom stereocenters. The van der Waals surface area contributed by atoms with E-state index in [9.17, 15) is 9.90 Å². The van der Waals surface area contributed by atoms with Gasteiger partial charge in [-0.2, -0.15) is 0 Å². The maximum atomic E-state index is 11.6. The predicted molar refractivity (Wildman–Crippen MR) is 186 cm³/mol. The molecular weight excluding hydrogens is 1150 g/mol. The van der Waals surface area contributed by atoms with E-state index in [0.29, 0.717) is 13.3 Å². The summed E-state index contributed by atoms with van der Waals surface area (Å²) in [6.07, 6.45) is 3.82. The number of carbonyl (C=O) groups excluding carboxylic acids is 1. The van der Waals surface area contributed by atoms with Gasteiger partial charge in [0, 0.05) is 56.6 Å². The fourth-order valence-corrected chi connectivity index (χ4v) is 2.80. The molecule has 0 heterocycles. The number of nitrogens with one attached hydrogen (secondary N) is 2. The molecule has 3 N–H and O–H groups in total. The molecule has 4 rings (SSSR count). The molecule has 0 aliphatic heterocycles. The van der Waals surface area contributed by atoms with Crippen molar-refractivity contribution >= 4 is 116 Å². The van der Waals surface area contributed by atoms with Gasteiger partial charge in [-0.05, 0) is 28.2 Å². The number of carboxylic acids is 1. The van der Waals surface area contributed by atoms with Gasteiger partial charge in [0.15, 0.2) is 0 Å². The molecular formula is C23H30I6N2O5-2. The van der Waals surface area contributed by atoms with Crippen LogP contribution in [0, 0.1) is 5.41 Å². The van der Waals surface area contributed by atoms with Gasteiger partial charge < -0.3 is 25.7 Å². The van der Waals surface area contributed by atoms with E-state index < -0.39 is 18.0 Å². The molecule has 0 unspecified atom stereocenters. The van der Waals surface area contributed by atoms with Gasteiger partial charge in [-0.15, -0.1) is 24.0 Å². The zero-order chi connectivity index (χ0) is 25.9. The monoisotopic (exact) mass is 1180 g/mol. The van der Waals surface area contributed by atoms with Crippen molar-refractivity contribution in [2.24, 2.45) is 0 Å². The van der Waals surface area contributed by atoms with Crippen LogP contribution in [0.4, 0.5) is 4.79 Å². The second-order valence-electron chi connectivity index (χ2n) is 6.74. The predicted octanol–water partition coefficient (Wildman–Crippen LogP) is 4.92. The quantitative estimate of drug-likeness (QED) is 0.228. The van der Waals surface area contributed by atoms with Crippen LogP contribution in [0.15, 0.2) is 48.5 Å². The summed E-state index contributed by atoms with van der Waals surface area (Å²) >= 11 is 9.54. The van der Waals surface area contributed by atoms with Gasteiger partial charge in [0.25, 0.3) is 5.97 Å². The minimum absolute atomic E-state index is 0. The van der Waals surface area contributed by atoms with Crippen molar-refractivity contribution in [1.82, 2.24) is 5.32 Å². The molecule has 13 heteroatoms. The molecule has 1 fully saturated rings. The van der Waals surface area contributed by atoms with Gasteiger partial charge in [0.1, 0.15) is 6.61 Å². The number of carboxylic acid groups (broad SMARTS) is 1. The Morgan fingerprint density at radius 3 is 1.75 bits per heavy atom. The van der Waals surface area contributed by atoms with Crippen LogP contribution in [0.25, 0.3) is 11.1 Å². The number of hydrogen-bond acceptors (Lipinski definition) is 5. The Labute approximate surface area is 283 Å². The van der Waals surface area contributed by atoms with E-state index in [0.717, 1.165) is 29.2 Å². The summed E-state index contributed by atoms with van der Waals surface area (Å²) in [6, 6.07) is 16.1. The maximum absolute atomic E-state index is 11.6. The van der Waals surface area contributed by atoms with E-state index in [4.69, 9.17) is 20.0 Å². The molecule has 0 radical (unpaired) electrons. The summed E-state index contributed by atoms with van der Waals surface area (Å²) in [5.41, 5.74) is 4.59. The van der Waals surface area contributed by atoms with Crippen LogP contribution in [-0.4, -0.2) is 36.2 Å². The van der Waals surface area contributed by atoms with E-state index in [2.05, 4.69) is 91.9 Å². The van der Waals surface area contributed by atoms with Crippen LogP contribution in [-0.2, 0) is 9.53 Å². The number of halogens is 6. The van der Waals surface area contributed by atoms with Gasteiger partial charge in [-0.3, -0.25) is 4.79 Å². The first kappa shape index (κ1) is 41.5. The smallest absolute Gasteiger partial charge is 0.407 e. The van der Waals surface area contributed by atoms with Crippen molar-refractivity contribution in [2.45, 2.75) is 39.5 Å². The minimum Gasteiger partial charge on any atom is -0.861 e. The van der Waals surface area contributed by atoms with Gasteiger partial charge in [0.2, 0.25) is 0 Å². The molecule has 0 aromatic heterocycles. The molecule has 1 amide bonds. The topological polar surface area (TPSA) is 123 Å². The number of aliphatic carboxylic acids is 1. The summed E-state index contributed by atoms with van der Waals surface area (Å²) < 4.78 is 5.20. The maximum Gasteiger partial charge on any atom is 0.407 e. The molecule has 0 bridgehead atoms. The fraction of sp³-hybridized carbons (Fsp3) is 0.348. The van der Waals surface area contributed by atoms with Crippen LogP contribution in [0.5, 0.6) is 0 Å². The molecule has 2 aromatic carbocycles. The zero-order valence-corrected chi connectivity index (χ0v) is 31.7. The Kier molecular flexibility index (Phi) is 30.3. The van der Waals surface area contributed by atoms with Crippen LogP contribution in [0.2, 0.25) is 0 Å². The zero-order valence-electron chi connectivity index (χ0n) is 18.6. The first-order chi connectivity index (χ1) is 16.3. The third-order valence-electron chi connectivity index (χ3n) is 4.09. The normalized spacial score (nSPS) is 11.0. The molecule has 0 spiro atoms. The van der Waals surface area contributed by atoms with Crippen molar-refractivity contribution in [1.29, 1.82) is 5.41 Å². The van der Waals surface area contributed by atoms with Gasteiger partial charge in [-0.1, -0.05) is 75.2 Å². The Hall–Kier alpha value is 1.03. The van der Waals surface area contributed by atoms with Gasteiger partial charge >= 0.3 is 56.6 Å². The fourth-order valence-electron chi connectivity index (χ4n) is 2.80. The van der Waals surface area contributed by atoms with E-state index >= 15 is 0 Å². The van der Waals surface area contributed by atoms with Crippen molar-refractivity contribution < 1.29 is 37.8 Å². The third kappa shape index (κ3) is 19.1. The SMILES string of the molecule is C.C1CC1.CC(=O)O.I.II.I[I-]I.N=C([O-])CNC(=O)OCC1c2ccccc2-c2ccccc21. The van der Waals surface area contributed by atoms with Crippen LogP contribution < -0.4 is 23.7 Å². The summed E-state index contributed by atoms with van der Waals surface area (Å²) in [5, 5.41) is 27.0.